The van der Waals surface area contributed by atoms with Crippen molar-refractivity contribution in [2.24, 2.45) is 0 Å². The van der Waals surface area contributed by atoms with Gasteiger partial charge in [-0.05, 0) is 41.8 Å². The Morgan fingerprint density at radius 3 is 3.05 bits per heavy atom. The number of aryl methyl sites for hydroxylation is 1. The average molecular weight is 315 g/mol. The number of hydrogen-bond acceptors (Lipinski definition) is 3. The van der Waals surface area contributed by atoms with Crippen LogP contribution in [0.15, 0.2) is 41.8 Å². The lowest BCUT2D eigenvalue weighted by Crippen LogP contribution is -2.31. The van der Waals surface area contributed by atoms with Crippen LogP contribution >= 0.6 is 11.3 Å². The van der Waals surface area contributed by atoms with E-state index in [1.54, 1.807) is 11.3 Å². The van der Waals surface area contributed by atoms with Gasteiger partial charge in [0.1, 0.15) is 6.10 Å². The Hall–Kier alpha value is -1.65. The van der Waals surface area contributed by atoms with E-state index in [1.165, 1.54) is 16.0 Å². The lowest BCUT2D eigenvalue weighted by Gasteiger charge is -2.26. The fourth-order valence-electron chi connectivity index (χ4n) is 2.82. The normalized spacial score (nSPS) is 17.0. The molecule has 1 aromatic heterocycles. The molecule has 2 heterocycles. The maximum atomic E-state index is 12.0. The number of thiophene rings is 1. The summed E-state index contributed by atoms with van der Waals surface area (Å²) in [5.41, 5.74) is 2.55. The van der Waals surface area contributed by atoms with Crippen molar-refractivity contribution in [2.45, 2.75) is 31.8 Å². The summed E-state index contributed by atoms with van der Waals surface area (Å²) in [6, 6.07) is 12.5. The first-order valence-electron chi connectivity index (χ1n) is 7.81. The Bertz CT molecular complexity index is 609. The molecule has 0 aliphatic carbocycles. The van der Waals surface area contributed by atoms with E-state index in [4.69, 9.17) is 4.74 Å². The Labute approximate surface area is 135 Å². The van der Waals surface area contributed by atoms with Crippen LogP contribution in [-0.4, -0.2) is 19.1 Å². The van der Waals surface area contributed by atoms with Gasteiger partial charge in [-0.2, -0.15) is 0 Å². The van der Waals surface area contributed by atoms with Crippen molar-refractivity contribution in [3.05, 3.63) is 57.8 Å². The predicted molar refractivity (Wildman–Crippen MR) is 89.1 cm³/mol. The van der Waals surface area contributed by atoms with Gasteiger partial charge >= 0.3 is 0 Å². The molecule has 0 radical (unpaired) electrons. The molecule has 3 rings (SSSR count). The SMILES string of the molecule is O=C(CCCc1cccs1)NC[C@H]1OCCc2ccccc21. The summed E-state index contributed by atoms with van der Waals surface area (Å²) in [7, 11) is 0. The van der Waals surface area contributed by atoms with Crippen LogP contribution < -0.4 is 5.32 Å². The highest BCUT2D eigenvalue weighted by Gasteiger charge is 2.20. The molecule has 3 nitrogen and oxygen atoms in total. The van der Waals surface area contributed by atoms with Crippen molar-refractivity contribution in [2.75, 3.05) is 13.2 Å². The molecule has 22 heavy (non-hydrogen) atoms. The Kier molecular flexibility index (Phi) is 5.24. The average Bonchev–Trinajstić information content (AvgIpc) is 3.06. The number of fused-ring (bicyclic) bond motifs is 1. The number of ether oxygens (including phenoxy) is 1. The quantitative estimate of drug-likeness (QED) is 0.886. The predicted octanol–water partition coefficient (Wildman–Crippen LogP) is 3.50. The maximum Gasteiger partial charge on any atom is 0.220 e. The van der Waals surface area contributed by atoms with Crippen LogP contribution in [0, 0.1) is 0 Å². The van der Waals surface area contributed by atoms with Crippen molar-refractivity contribution in [1.82, 2.24) is 5.32 Å². The third-order valence-electron chi connectivity index (χ3n) is 3.98. The monoisotopic (exact) mass is 315 g/mol. The van der Waals surface area contributed by atoms with Gasteiger partial charge in [0, 0.05) is 17.8 Å². The van der Waals surface area contributed by atoms with Gasteiger partial charge in [-0.25, -0.2) is 0 Å². The largest absolute Gasteiger partial charge is 0.371 e. The molecule has 2 aromatic rings. The molecule has 1 amide bonds. The van der Waals surface area contributed by atoms with Gasteiger partial charge in [0.25, 0.3) is 0 Å². The van der Waals surface area contributed by atoms with Crippen molar-refractivity contribution in [3.8, 4) is 0 Å². The summed E-state index contributed by atoms with van der Waals surface area (Å²) < 4.78 is 5.81. The highest BCUT2D eigenvalue weighted by Crippen LogP contribution is 2.26. The highest BCUT2D eigenvalue weighted by molar-refractivity contribution is 7.09. The van der Waals surface area contributed by atoms with E-state index in [0.717, 1.165) is 25.9 Å². The third kappa shape index (κ3) is 3.96. The molecule has 0 bridgehead atoms. The van der Waals surface area contributed by atoms with Crippen LogP contribution in [0.2, 0.25) is 0 Å². The Morgan fingerprint density at radius 2 is 2.18 bits per heavy atom. The van der Waals surface area contributed by atoms with E-state index in [1.807, 2.05) is 6.07 Å². The first-order chi connectivity index (χ1) is 10.8. The highest BCUT2D eigenvalue weighted by atomic mass is 32.1. The fourth-order valence-corrected chi connectivity index (χ4v) is 3.57. The minimum absolute atomic E-state index is 0.00815. The molecule has 0 saturated carbocycles. The Balaban J connectivity index is 1.43. The topological polar surface area (TPSA) is 38.3 Å². The second-order valence-corrected chi connectivity index (χ2v) is 6.58. The maximum absolute atomic E-state index is 12.0. The molecule has 0 saturated heterocycles. The van der Waals surface area contributed by atoms with Gasteiger partial charge in [-0.15, -0.1) is 11.3 Å². The second-order valence-electron chi connectivity index (χ2n) is 5.55. The number of rotatable bonds is 6. The van der Waals surface area contributed by atoms with E-state index in [2.05, 4.69) is 41.0 Å². The summed E-state index contributed by atoms with van der Waals surface area (Å²) in [6.45, 7) is 1.30. The molecule has 1 atom stereocenters. The molecule has 4 heteroatoms. The standard InChI is InChI=1S/C18H21NO2S/c20-18(9-3-6-15-7-4-12-22-15)19-13-17-16-8-2-1-5-14(16)10-11-21-17/h1-2,4-5,7-8,12,17H,3,6,9-11,13H2,(H,19,20)/t17-/m1/s1. The molecular weight excluding hydrogens is 294 g/mol. The van der Waals surface area contributed by atoms with Crippen molar-refractivity contribution in [3.63, 3.8) is 0 Å². The van der Waals surface area contributed by atoms with Crippen molar-refractivity contribution in [1.29, 1.82) is 0 Å². The summed E-state index contributed by atoms with van der Waals surface area (Å²) in [5.74, 6) is 0.114. The van der Waals surface area contributed by atoms with Crippen LogP contribution in [0.5, 0.6) is 0 Å². The molecule has 0 fully saturated rings. The van der Waals surface area contributed by atoms with Crippen LogP contribution in [0.25, 0.3) is 0 Å². The molecule has 1 N–H and O–H groups in total. The molecule has 0 unspecified atom stereocenters. The smallest absolute Gasteiger partial charge is 0.220 e. The number of amides is 1. The zero-order valence-electron chi connectivity index (χ0n) is 12.6. The van der Waals surface area contributed by atoms with Gasteiger partial charge < -0.3 is 10.1 Å². The van der Waals surface area contributed by atoms with E-state index in [-0.39, 0.29) is 12.0 Å². The van der Waals surface area contributed by atoms with Gasteiger partial charge in [0.05, 0.1) is 6.61 Å². The minimum Gasteiger partial charge on any atom is -0.371 e. The summed E-state index contributed by atoms with van der Waals surface area (Å²) >= 11 is 1.75. The zero-order chi connectivity index (χ0) is 15.2. The van der Waals surface area contributed by atoms with E-state index in [0.29, 0.717) is 13.0 Å². The van der Waals surface area contributed by atoms with Gasteiger partial charge in [-0.3, -0.25) is 4.79 Å². The lowest BCUT2D eigenvalue weighted by molar-refractivity contribution is -0.121. The Morgan fingerprint density at radius 1 is 1.27 bits per heavy atom. The summed E-state index contributed by atoms with van der Waals surface area (Å²) in [4.78, 5) is 13.3. The molecular formula is C18H21NO2S. The number of benzene rings is 1. The van der Waals surface area contributed by atoms with Gasteiger partial charge in [0.2, 0.25) is 5.91 Å². The third-order valence-corrected chi connectivity index (χ3v) is 4.92. The van der Waals surface area contributed by atoms with Crippen molar-refractivity contribution >= 4 is 17.2 Å². The van der Waals surface area contributed by atoms with Crippen LogP contribution in [-0.2, 0) is 22.4 Å². The number of carbonyl (C=O) groups is 1. The summed E-state index contributed by atoms with van der Waals surface area (Å²) in [5, 5.41) is 5.09. The summed E-state index contributed by atoms with van der Waals surface area (Å²) in [6.07, 6.45) is 3.40. The molecule has 116 valence electrons. The zero-order valence-corrected chi connectivity index (χ0v) is 13.4. The minimum atomic E-state index is -0.00815. The molecule has 1 aliphatic rings. The van der Waals surface area contributed by atoms with Crippen LogP contribution in [0.3, 0.4) is 0 Å². The lowest BCUT2D eigenvalue weighted by atomic mass is 9.97. The molecule has 1 aliphatic heterocycles. The van der Waals surface area contributed by atoms with Crippen LogP contribution in [0.4, 0.5) is 0 Å². The van der Waals surface area contributed by atoms with E-state index in [9.17, 15) is 4.79 Å². The fraction of sp³-hybridized carbons (Fsp3) is 0.389. The first-order valence-corrected chi connectivity index (χ1v) is 8.69. The van der Waals surface area contributed by atoms with E-state index < -0.39 is 0 Å². The second kappa shape index (κ2) is 7.56. The number of carbonyl (C=O) groups excluding carboxylic acids is 1. The van der Waals surface area contributed by atoms with Crippen molar-refractivity contribution < 1.29 is 9.53 Å². The van der Waals surface area contributed by atoms with Gasteiger partial charge in [0.15, 0.2) is 0 Å². The number of hydrogen-bond donors (Lipinski definition) is 1. The van der Waals surface area contributed by atoms with E-state index >= 15 is 0 Å². The number of nitrogens with one attached hydrogen (secondary N) is 1. The first kappa shape index (κ1) is 15.3. The molecule has 1 aromatic carbocycles. The van der Waals surface area contributed by atoms with Gasteiger partial charge in [-0.1, -0.05) is 30.3 Å². The molecule has 0 spiro atoms. The van der Waals surface area contributed by atoms with Crippen LogP contribution in [0.1, 0.15) is 34.9 Å².